The van der Waals surface area contributed by atoms with Crippen LogP contribution in [0.2, 0.25) is 0 Å². The molecule has 1 aliphatic rings. The van der Waals surface area contributed by atoms with Crippen LogP contribution in [0.1, 0.15) is 12.0 Å². The van der Waals surface area contributed by atoms with Gasteiger partial charge in [0.15, 0.2) is 0 Å². The van der Waals surface area contributed by atoms with E-state index in [4.69, 9.17) is 0 Å². The summed E-state index contributed by atoms with van der Waals surface area (Å²) in [5, 5.41) is 0. The zero-order valence-corrected chi connectivity index (χ0v) is 12.4. The topological polar surface area (TPSA) is 49.4 Å². The van der Waals surface area contributed by atoms with E-state index in [1.807, 2.05) is 16.9 Å². The van der Waals surface area contributed by atoms with Crippen molar-refractivity contribution in [2.45, 2.75) is 12.8 Å². The van der Waals surface area contributed by atoms with Crippen LogP contribution in [0.5, 0.6) is 0 Å². The fourth-order valence-corrected chi connectivity index (χ4v) is 3.90. The van der Waals surface area contributed by atoms with Crippen molar-refractivity contribution in [2.75, 3.05) is 15.6 Å². The predicted octanol–water partition coefficient (Wildman–Crippen LogP) is 3.07. The number of para-hydroxylation sites is 2. The second kappa shape index (κ2) is 5.57. The van der Waals surface area contributed by atoms with E-state index in [0.29, 0.717) is 12.1 Å². The van der Waals surface area contributed by atoms with Crippen LogP contribution in [0.3, 0.4) is 0 Å². The van der Waals surface area contributed by atoms with E-state index >= 15 is 0 Å². The molecule has 0 unspecified atom stereocenters. The average Bonchev–Trinajstić information content (AvgIpc) is 2.50. The van der Waals surface area contributed by atoms with Crippen molar-refractivity contribution in [3.05, 3.63) is 59.7 Å². The first-order valence-electron chi connectivity index (χ1n) is 6.81. The number of halogens is 2. The number of anilines is 2. The van der Waals surface area contributed by atoms with Crippen molar-refractivity contribution in [1.82, 2.24) is 0 Å². The molecule has 0 radical (unpaired) electrons. The number of fused-ring (bicyclic) bond motifs is 1. The largest absolute Gasteiger partial charge is 0.324 e. The Morgan fingerprint density at radius 2 is 1.68 bits per heavy atom. The Morgan fingerprint density at radius 1 is 1.00 bits per heavy atom. The molecule has 2 aromatic rings. The predicted molar refractivity (Wildman–Crippen MR) is 81.0 cm³/mol. The SMILES string of the molecule is O=S(=O)(Nc1c(F)cccc1F)N1CCCc2ccccc21. The van der Waals surface area contributed by atoms with Gasteiger partial charge in [0.2, 0.25) is 0 Å². The monoisotopic (exact) mass is 324 g/mol. The van der Waals surface area contributed by atoms with E-state index in [1.165, 1.54) is 6.07 Å². The summed E-state index contributed by atoms with van der Waals surface area (Å²) in [4.78, 5) is 0. The molecule has 22 heavy (non-hydrogen) atoms. The highest BCUT2D eigenvalue weighted by Crippen LogP contribution is 2.30. The molecule has 1 N–H and O–H groups in total. The van der Waals surface area contributed by atoms with Crippen molar-refractivity contribution in [3.8, 4) is 0 Å². The Morgan fingerprint density at radius 3 is 2.41 bits per heavy atom. The highest BCUT2D eigenvalue weighted by atomic mass is 32.2. The minimum absolute atomic E-state index is 0.266. The number of aryl methyl sites for hydroxylation is 1. The first-order chi connectivity index (χ1) is 10.5. The highest BCUT2D eigenvalue weighted by molar-refractivity contribution is 7.94. The van der Waals surface area contributed by atoms with Crippen LogP contribution < -0.4 is 9.03 Å². The van der Waals surface area contributed by atoms with Gasteiger partial charge in [0, 0.05) is 6.54 Å². The van der Waals surface area contributed by atoms with Gasteiger partial charge in [-0.3, -0.25) is 9.03 Å². The van der Waals surface area contributed by atoms with Gasteiger partial charge in [-0.05, 0) is 36.6 Å². The normalized spacial score (nSPS) is 14.5. The first kappa shape index (κ1) is 14.8. The maximum absolute atomic E-state index is 13.7. The smallest absolute Gasteiger partial charge is 0.261 e. The third-order valence-electron chi connectivity index (χ3n) is 3.55. The van der Waals surface area contributed by atoms with Crippen LogP contribution in [0.25, 0.3) is 0 Å². The zero-order chi connectivity index (χ0) is 15.7. The van der Waals surface area contributed by atoms with Crippen LogP contribution in [0.4, 0.5) is 20.2 Å². The standard InChI is InChI=1S/C15H14F2N2O2S/c16-12-7-3-8-13(17)15(12)18-22(20,21)19-10-4-6-11-5-1-2-9-14(11)19/h1-3,5,7-9,18H,4,6,10H2. The minimum Gasteiger partial charge on any atom is -0.261 e. The van der Waals surface area contributed by atoms with E-state index in [2.05, 4.69) is 0 Å². The van der Waals surface area contributed by atoms with Gasteiger partial charge in [0.05, 0.1) is 5.69 Å². The summed E-state index contributed by atoms with van der Waals surface area (Å²) < 4.78 is 55.5. The van der Waals surface area contributed by atoms with Crippen molar-refractivity contribution < 1.29 is 17.2 Å². The lowest BCUT2D eigenvalue weighted by molar-refractivity contribution is 0.579. The molecule has 7 heteroatoms. The van der Waals surface area contributed by atoms with Crippen molar-refractivity contribution in [3.63, 3.8) is 0 Å². The van der Waals surface area contributed by atoms with Gasteiger partial charge < -0.3 is 0 Å². The van der Waals surface area contributed by atoms with Gasteiger partial charge >= 0.3 is 10.2 Å². The summed E-state index contributed by atoms with van der Waals surface area (Å²) in [5.41, 5.74) is 0.775. The van der Waals surface area contributed by atoms with Crippen molar-refractivity contribution in [1.29, 1.82) is 0 Å². The zero-order valence-electron chi connectivity index (χ0n) is 11.6. The molecule has 0 spiro atoms. The Labute approximate surface area is 127 Å². The van der Waals surface area contributed by atoms with Crippen LogP contribution in [0, 0.1) is 11.6 Å². The van der Waals surface area contributed by atoms with Crippen LogP contribution in [-0.2, 0) is 16.6 Å². The van der Waals surface area contributed by atoms with Gasteiger partial charge in [0.25, 0.3) is 0 Å². The fraction of sp³-hybridized carbons (Fsp3) is 0.200. The van der Waals surface area contributed by atoms with E-state index in [0.717, 1.165) is 28.4 Å². The summed E-state index contributed by atoms with van der Waals surface area (Å²) in [6, 6.07) is 10.3. The molecule has 0 saturated carbocycles. The molecular weight excluding hydrogens is 310 g/mol. The van der Waals surface area contributed by atoms with Crippen LogP contribution >= 0.6 is 0 Å². The second-order valence-electron chi connectivity index (χ2n) is 5.01. The third-order valence-corrected chi connectivity index (χ3v) is 4.97. The molecule has 0 saturated heterocycles. The summed E-state index contributed by atoms with van der Waals surface area (Å²) in [5.74, 6) is -1.90. The van der Waals surface area contributed by atoms with Gasteiger partial charge in [-0.1, -0.05) is 24.3 Å². The number of benzene rings is 2. The van der Waals surface area contributed by atoms with E-state index in [1.54, 1.807) is 12.1 Å². The maximum Gasteiger partial charge on any atom is 0.324 e. The fourth-order valence-electron chi connectivity index (χ4n) is 2.53. The lowest BCUT2D eigenvalue weighted by Gasteiger charge is -2.30. The number of hydrogen-bond donors (Lipinski definition) is 1. The van der Waals surface area contributed by atoms with Gasteiger partial charge in [-0.15, -0.1) is 0 Å². The summed E-state index contributed by atoms with van der Waals surface area (Å²) >= 11 is 0. The molecule has 2 aromatic carbocycles. The van der Waals surface area contributed by atoms with Gasteiger partial charge in [-0.2, -0.15) is 8.42 Å². The minimum atomic E-state index is -4.09. The van der Waals surface area contributed by atoms with Crippen molar-refractivity contribution >= 4 is 21.6 Å². The molecular formula is C15H14F2N2O2S. The van der Waals surface area contributed by atoms with E-state index in [-0.39, 0.29) is 6.54 Å². The lowest BCUT2D eigenvalue weighted by atomic mass is 10.0. The molecule has 0 atom stereocenters. The van der Waals surface area contributed by atoms with Gasteiger partial charge in [-0.25, -0.2) is 8.78 Å². The Bertz CT molecular complexity index is 789. The Hall–Kier alpha value is -2.15. The third kappa shape index (κ3) is 2.64. The van der Waals surface area contributed by atoms with E-state index in [9.17, 15) is 17.2 Å². The van der Waals surface area contributed by atoms with Crippen LogP contribution in [-0.4, -0.2) is 15.0 Å². The summed E-state index contributed by atoms with van der Waals surface area (Å²) in [7, 11) is -4.09. The molecule has 0 fully saturated rings. The number of nitrogens with zero attached hydrogens (tertiary/aromatic N) is 1. The first-order valence-corrected chi connectivity index (χ1v) is 8.25. The molecule has 4 nitrogen and oxygen atoms in total. The quantitative estimate of drug-likeness (QED) is 0.943. The number of rotatable bonds is 3. The maximum atomic E-state index is 13.7. The van der Waals surface area contributed by atoms with Crippen LogP contribution in [0.15, 0.2) is 42.5 Å². The molecule has 0 bridgehead atoms. The lowest BCUT2D eigenvalue weighted by Crippen LogP contribution is -2.39. The van der Waals surface area contributed by atoms with Crippen molar-refractivity contribution in [2.24, 2.45) is 0 Å². The average molecular weight is 324 g/mol. The number of hydrogen-bond acceptors (Lipinski definition) is 2. The molecule has 1 heterocycles. The molecule has 0 aromatic heterocycles. The Balaban J connectivity index is 1.98. The Kier molecular flexibility index (Phi) is 3.74. The molecule has 0 aliphatic carbocycles. The molecule has 3 rings (SSSR count). The highest BCUT2D eigenvalue weighted by Gasteiger charge is 2.28. The van der Waals surface area contributed by atoms with E-state index < -0.39 is 27.5 Å². The van der Waals surface area contributed by atoms with Gasteiger partial charge in [0.1, 0.15) is 17.3 Å². The summed E-state index contributed by atoms with van der Waals surface area (Å²) in [6.45, 7) is 0.266. The molecule has 0 amide bonds. The molecule has 116 valence electrons. The second-order valence-corrected chi connectivity index (χ2v) is 6.60. The molecule has 1 aliphatic heterocycles. The number of nitrogens with one attached hydrogen (secondary N) is 1. The summed E-state index contributed by atoms with van der Waals surface area (Å²) in [6.07, 6.45) is 1.42.